The van der Waals surface area contributed by atoms with E-state index in [1.165, 1.54) is 99.4 Å². The third kappa shape index (κ3) is 11.6. The Labute approximate surface area is 393 Å². The molecule has 0 saturated carbocycles. The number of aryl methyl sites for hydroxylation is 2. The van der Waals surface area contributed by atoms with E-state index in [-0.39, 0.29) is 24.8 Å². The molecule has 296 valence electrons. The van der Waals surface area contributed by atoms with Crippen LogP contribution in [0.15, 0.2) is 155 Å². The van der Waals surface area contributed by atoms with Crippen molar-refractivity contribution in [3.8, 4) is 33.4 Å². The van der Waals surface area contributed by atoms with Crippen LogP contribution in [0.2, 0.25) is 39.3 Å². The summed E-state index contributed by atoms with van der Waals surface area (Å²) >= 11 is 8.34. The van der Waals surface area contributed by atoms with Crippen molar-refractivity contribution in [3.63, 3.8) is 0 Å². The van der Waals surface area contributed by atoms with Gasteiger partial charge in [0, 0.05) is 8.07 Å². The van der Waals surface area contributed by atoms with Crippen LogP contribution in [0, 0.1) is 19.9 Å². The predicted molar refractivity (Wildman–Crippen MR) is 253 cm³/mol. The second-order valence-corrected chi connectivity index (χ2v) is 29.8. The van der Waals surface area contributed by atoms with Crippen LogP contribution < -0.4 is 35.2 Å². The summed E-state index contributed by atoms with van der Waals surface area (Å²) in [5.41, 5.74) is 16.5. The van der Waals surface area contributed by atoms with Crippen LogP contribution in [0.1, 0.15) is 33.4 Å². The standard InChI is InChI=1S/C33H37Si2.C13H8Br2.C5H5.2ClH.Zr/c1-22-13-9-11-15-26(22)30-18-24-17-25-19-31(27-16-12-10-14-23(27)2)33(35(6,7)8)21-29(25)28(24)20-32(30)34(3,4)5;14-12-5-1-10(2-6-12)9-11-3-7-13(15)8-4-11;1-2-4-5-3-1;;;/h9-16,18,20-21H,17H2,1-8H3;1-8H;1-5H;2*1H;/q-1;;-1;;;+2/p-2. The molecule has 0 nitrogen and oxygen atoms in total. The summed E-state index contributed by atoms with van der Waals surface area (Å²) < 4.78 is 3.62. The summed E-state index contributed by atoms with van der Waals surface area (Å²) in [4.78, 5) is 0. The van der Waals surface area contributed by atoms with E-state index in [2.05, 4.69) is 206 Å². The molecule has 0 amide bonds. The molecule has 0 saturated heterocycles. The molecule has 0 aromatic heterocycles. The Kier molecular flexibility index (Phi) is 17.2. The quantitative estimate of drug-likeness (QED) is 0.118. The molecule has 0 spiro atoms. The Hall–Kier alpha value is -2.60. The summed E-state index contributed by atoms with van der Waals surface area (Å²) in [5.74, 6) is 0. The van der Waals surface area contributed by atoms with Gasteiger partial charge in [-0.05, 0) is 42.5 Å². The molecule has 8 rings (SSSR count). The molecule has 0 fully saturated rings. The van der Waals surface area contributed by atoms with Crippen molar-refractivity contribution in [2.45, 2.75) is 59.6 Å². The molecule has 0 radical (unpaired) electrons. The minimum atomic E-state index is -1.59. The van der Waals surface area contributed by atoms with Gasteiger partial charge in [0.2, 0.25) is 0 Å². The molecule has 0 bridgehead atoms. The first-order valence-corrected chi connectivity index (χ1v) is 29.1. The second-order valence-electron chi connectivity index (χ2n) is 16.7. The van der Waals surface area contributed by atoms with E-state index < -0.39 is 16.1 Å². The monoisotopic (exact) mass is 1040 g/mol. The zero-order chi connectivity index (χ0) is 40.2. The smallest absolute Gasteiger partial charge is 0.0783 e. The van der Waals surface area contributed by atoms with Crippen molar-refractivity contribution in [1.82, 2.24) is 0 Å². The first-order valence-electron chi connectivity index (χ1n) is 19.3. The van der Waals surface area contributed by atoms with Crippen molar-refractivity contribution in [1.29, 1.82) is 0 Å². The van der Waals surface area contributed by atoms with Crippen LogP contribution in [0.25, 0.3) is 33.4 Å². The average molecular weight is 1040 g/mol. The number of hydrogen-bond donors (Lipinski definition) is 0. The maximum Gasteiger partial charge on any atom is 0.0783 e. The van der Waals surface area contributed by atoms with Crippen LogP contribution in [-0.2, 0) is 30.7 Å². The second kappa shape index (κ2) is 20.8. The summed E-state index contributed by atoms with van der Waals surface area (Å²) in [5, 5.41) is 3.09. The normalized spacial score (nSPS) is 11.4. The zero-order valence-electron chi connectivity index (χ0n) is 34.6. The first-order chi connectivity index (χ1) is 26.6. The fraction of sp³-hybridized carbons (Fsp3) is 0.176. The third-order valence-electron chi connectivity index (χ3n) is 10.3. The van der Waals surface area contributed by atoms with Crippen LogP contribution in [-0.4, -0.2) is 19.4 Å². The molecule has 7 aromatic carbocycles. The van der Waals surface area contributed by atoms with E-state index in [4.69, 9.17) is 0 Å². The number of halogens is 4. The van der Waals surface area contributed by atoms with Gasteiger partial charge in [-0.25, -0.2) is 12.1 Å². The van der Waals surface area contributed by atoms with Gasteiger partial charge in [-0.3, -0.25) is 0 Å². The van der Waals surface area contributed by atoms with Crippen molar-refractivity contribution in [2.24, 2.45) is 0 Å². The van der Waals surface area contributed by atoms with Crippen molar-refractivity contribution in [3.05, 3.63) is 194 Å². The Balaban J connectivity index is 0.000000268. The fourth-order valence-electron chi connectivity index (χ4n) is 7.30. The van der Waals surface area contributed by atoms with Crippen LogP contribution >= 0.6 is 31.9 Å². The van der Waals surface area contributed by atoms with Gasteiger partial charge >= 0.3 is 128 Å². The van der Waals surface area contributed by atoms with Crippen LogP contribution in [0.5, 0.6) is 0 Å². The summed E-state index contributed by atoms with van der Waals surface area (Å²) in [6.07, 6.45) is 0.973. The number of fused-ring (bicyclic) bond motifs is 3. The van der Waals surface area contributed by atoms with Gasteiger partial charge in [0.25, 0.3) is 0 Å². The molecule has 58 heavy (non-hydrogen) atoms. The van der Waals surface area contributed by atoms with Crippen molar-refractivity contribution < 1.29 is 49.0 Å². The molecule has 1 aliphatic rings. The van der Waals surface area contributed by atoms with Gasteiger partial charge in [0.1, 0.15) is 0 Å². The van der Waals surface area contributed by atoms with Gasteiger partial charge < -0.3 is 24.8 Å². The number of benzene rings is 6. The molecule has 7 aromatic rings. The van der Waals surface area contributed by atoms with E-state index in [0.29, 0.717) is 0 Å². The number of hydrogen-bond acceptors (Lipinski definition) is 0. The zero-order valence-corrected chi connectivity index (χ0v) is 43.7. The SMILES string of the molecule is Brc1ccc([C](=[Zr+2])c2ccc(Br)cc2)cc1.Cc1ccccc1-c1[c-]c2c(cc1[Si](C)(C)C)-c1cc([Si](C)(C)C)c(-c3ccccc3C)cc1C2.[Cl-].[Cl-].c1cc[cH-]c1. The van der Waals surface area contributed by atoms with Crippen LogP contribution in [0.3, 0.4) is 0 Å². The predicted octanol–water partition coefficient (Wildman–Crippen LogP) is 7.84. The molecular formula is C51H50Br2Cl2Si2Zr-2. The molecule has 1 aliphatic carbocycles. The maximum absolute atomic E-state index is 3.98. The molecule has 0 aliphatic heterocycles. The van der Waals surface area contributed by atoms with E-state index in [0.717, 1.165) is 15.4 Å². The van der Waals surface area contributed by atoms with E-state index in [9.17, 15) is 0 Å². The van der Waals surface area contributed by atoms with Crippen molar-refractivity contribution >= 4 is 61.6 Å². The molecule has 0 unspecified atom stereocenters. The largest absolute Gasteiger partial charge is 1.00 e. The summed E-state index contributed by atoms with van der Waals surface area (Å²) in [7, 11) is -3.16. The molecule has 0 atom stereocenters. The minimum Gasteiger partial charge on any atom is -1.00 e. The molecule has 0 N–H and O–H groups in total. The molecular weight excluding hydrogens is 991 g/mol. The molecule has 0 heterocycles. The molecule has 7 heteroatoms. The number of rotatable bonds is 6. The minimum absolute atomic E-state index is 0. The van der Waals surface area contributed by atoms with E-state index in [1.54, 1.807) is 5.19 Å². The van der Waals surface area contributed by atoms with Gasteiger partial charge in [0.15, 0.2) is 0 Å². The average Bonchev–Trinajstić information content (AvgIpc) is 3.86. The topological polar surface area (TPSA) is 0 Å². The third-order valence-corrected chi connectivity index (χ3v) is 16.9. The Morgan fingerprint density at radius 1 is 0.552 bits per heavy atom. The Morgan fingerprint density at radius 3 is 1.47 bits per heavy atom. The van der Waals surface area contributed by atoms with Crippen molar-refractivity contribution in [2.75, 3.05) is 0 Å². The fourth-order valence-corrected chi connectivity index (χ4v) is 11.8. The summed E-state index contributed by atoms with van der Waals surface area (Å²) in [6, 6.07) is 56.2. The van der Waals surface area contributed by atoms with E-state index >= 15 is 0 Å². The maximum atomic E-state index is 3.98. The van der Waals surface area contributed by atoms with Gasteiger partial charge in [-0.1, -0.05) is 127 Å². The van der Waals surface area contributed by atoms with Gasteiger partial charge in [-0.15, -0.1) is 28.4 Å². The van der Waals surface area contributed by atoms with Crippen LogP contribution in [0.4, 0.5) is 0 Å². The summed E-state index contributed by atoms with van der Waals surface area (Å²) in [6.45, 7) is 19.3. The van der Waals surface area contributed by atoms with E-state index in [1.807, 2.05) is 30.3 Å². The first kappa shape index (κ1) is 48.1. The van der Waals surface area contributed by atoms with Gasteiger partial charge in [0.05, 0.1) is 8.07 Å². The Bertz CT molecular complexity index is 2280. The Morgan fingerprint density at radius 2 is 1.02 bits per heavy atom. The van der Waals surface area contributed by atoms with Gasteiger partial charge in [-0.2, -0.15) is 18.2 Å².